The summed E-state index contributed by atoms with van der Waals surface area (Å²) >= 11 is 9.00. The van der Waals surface area contributed by atoms with Crippen LogP contribution in [0.2, 0.25) is 5.02 Å². The summed E-state index contributed by atoms with van der Waals surface area (Å²) in [5.41, 5.74) is 0. The Kier molecular flexibility index (Phi) is 5.94. The second-order valence-electron chi connectivity index (χ2n) is 3.13. The number of imide groups is 1. The predicted octanol–water partition coefficient (Wildman–Crippen LogP) is 2.75. The van der Waals surface area contributed by atoms with E-state index in [0.29, 0.717) is 15.2 Å². The van der Waals surface area contributed by atoms with Crippen LogP contribution < -0.4 is 10.1 Å². The van der Waals surface area contributed by atoms with E-state index in [1.807, 2.05) is 5.32 Å². The molecule has 1 rings (SSSR count). The van der Waals surface area contributed by atoms with E-state index in [9.17, 15) is 9.59 Å². The first kappa shape index (κ1) is 14.8. The standard InChI is InChI=1S/C11H11BrClNO4/c1-2-17-11(16)14-10(15)6-18-9-4-3-7(13)5-8(9)12/h3-5H,2,6H2,1H3,(H,14,15,16). The van der Waals surface area contributed by atoms with Crippen LogP contribution in [-0.2, 0) is 9.53 Å². The maximum Gasteiger partial charge on any atom is 0.413 e. The summed E-state index contributed by atoms with van der Waals surface area (Å²) in [6, 6.07) is 4.88. The molecule has 1 aromatic carbocycles. The van der Waals surface area contributed by atoms with E-state index in [1.54, 1.807) is 25.1 Å². The molecule has 0 aromatic heterocycles. The number of halogens is 2. The van der Waals surface area contributed by atoms with Crippen LogP contribution in [0, 0.1) is 0 Å². The van der Waals surface area contributed by atoms with Gasteiger partial charge in [-0.25, -0.2) is 4.79 Å². The molecule has 7 heteroatoms. The van der Waals surface area contributed by atoms with Crippen molar-refractivity contribution in [3.63, 3.8) is 0 Å². The second-order valence-corrected chi connectivity index (χ2v) is 4.42. The van der Waals surface area contributed by atoms with Gasteiger partial charge in [0.2, 0.25) is 0 Å². The third-order valence-corrected chi connectivity index (χ3v) is 2.62. The van der Waals surface area contributed by atoms with Gasteiger partial charge in [-0.1, -0.05) is 11.6 Å². The van der Waals surface area contributed by atoms with Crippen LogP contribution in [0.15, 0.2) is 22.7 Å². The van der Waals surface area contributed by atoms with Crippen LogP contribution in [-0.4, -0.2) is 25.2 Å². The average Bonchev–Trinajstić information content (AvgIpc) is 2.28. The molecule has 2 amide bonds. The largest absolute Gasteiger partial charge is 0.483 e. The number of nitrogens with one attached hydrogen (secondary N) is 1. The molecule has 0 bridgehead atoms. The van der Waals surface area contributed by atoms with Crippen LogP contribution in [0.25, 0.3) is 0 Å². The van der Waals surface area contributed by atoms with E-state index in [0.717, 1.165) is 0 Å². The van der Waals surface area contributed by atoms with Gasteiger partial charge in [-0.15, -0.1) is 0 Å². The lowest BCUT2D eigenvalue weighted by molar-refractivity contribution is -0.122. The Labute approximate surface area is 118 Å². The van der Waals surface area contributed by atoms with Gasteiger partial charge in [-0.3, -0.25) is 10.1 Å². The first-order chi connectivity index (χ1) is 8.52. The number of benzene rings is 1. The van der Waals surface area contributed by atoms with E-state index < -0.39 is 12.0 Å². The number of carbonyl (C=O) groups is 2. The molecule has 18 heavy (non-hydrogen) atoms. The summed E-state index contributed by atoms with van der Waals surface area (Å²) in [6.07, 6.45) is -0.790. The molecule has 0 radical (unpaired) electrons. The Morgan fingerprint density at radius 1 is 1.44 bits per heavy atom. The van der Waals surface area contributed by atoms with E-state index >= 15 is 0 Å². The molecule has 0 atom stereocenters. The van der Waals surface area contributed by atoms with Crippen molar-refractivity contribution in [1.82, 2.24) is 5.32 Å². The molecular formula is C11H11BrClNO4. The normalized spacial score (nSPS) is 9.72. The van der Waals surface area contributed by atoms with Gasteiger partial charge in [0.25, 0.3) is 5.91 Å². The second kappa shape index (κ2) is 7.23. The molecule has 1 N–H and O–H groups in total. The molecule has 0 saturated heterocycles. The van der Waals surface area contributed by atoms with Crippen molar-refractivity contribution in [2.24, 2.45) is 0 Å². The van der Waals surface area contributed by atoms with Gasteiger partial charge in [0, 0.05) is 5.02 Å². The number of alkyl carbamates (subject to hydrolysis) is 1. The molecule has 0 heterocycles. The van der Waals surface area contributed by atoms with Gasteiger partial charge in [-0.2, -0.15) is 0 Å². The minimum absolute atomic E-state index is 0.197. The number of ether oxygens (including phenoxy) is 2. The summed E-state index contributed by atoms with van der Waals surface area (Å²) < 4.78 is 10.4. The van der Waals surface area contributed by atoms with Crippen LogP contribution in [0.3, 0.4) is 0 Å². The first-order valence-electron chi connectivity index (χ1n) is 5.07. The van der Waals surface area contributed by atoms with Gasteiger partial charge < -0.3 is 9.47 Å². The first-order valence-corrected chi connectivity index (χ1v) is 6.24. The fraction of sp³-hybridized carbons (Fsp3) is 0.273. The van der Waals surface area contributed by atoms with Crippen LogP contribution in [0.1, 0.15) is 6.92 Å². The molecule has 0 aliphatic carbocycles. The van der Waals surface area contributed by atoms with E-state index in [1.165, 1.54) is 0 Å². The Morgan fingerprint density at radius 2 is 2.17 bits per heavy atom. The Bertz CT molecular complexity index is 453. The fourth-order valence-corrected chi connectivity index (χ4v) is 1.85. The molecule has 1 aromatic rings. The monoisotopic (exact) mass is 335 g/mol. The number of carbonyl (C=O) groups excluding carboxylic acids is 2. The topological polar surface area (TPSA) is 64.6 Å². The zero-order valence-corrected chi connectivity index (χ0v) is 11.9. The third kappa shape index (κ3) is 4.93. The summed E-state index contributed by atoms with van der Waals surface area (Å²) in [4.78, 5) is 22.2. The minimum atomic E-state index is -0.790. The Hall–Kier alpha value is -1.27. The summed E-state index contributed by atoms with van der Waals surface area (Å²) in [5.74, 6) is -0.131. The number of hydrogen-bond acceptors (Lipinski definition) is 4. The SMILES string of the molecule is CCOC(=O)NC(=O)COc1ccc(Cl)cc1Br. The highest BCUT2D eigenvalue weighted by atomic mass is 79.9. The summed E-state index contributed by atoms with van der Waals surface area (Å²) in [6.45, 7) is 1.55. The maximum atomic E-state index is 11.3. The van der Waals surface area contributed by atoms with Gasteiger partial charge in [0.05, 0.1) is 11.1 Å². The van der Waals surface area contributed by atoms with Gasteiger partial charge in [0.1, 0.15) is 5.75 Å². The van der Waals surface area contributed by atoms with Crippen molar-refractivity contribution in [2.45, 2.75) is 6.92 Å². The average molecular weight is 337 g/mol. The highest BCUT2D eigenvalue weighted by Crippen LogP contribution is 2.27. The summed E-state index contributed by atoms with van der Waals surface area (Å²) in [7, 11) is 0. The van der Waals surface area contributed by atoms with Gasteiger partial charge >= 0.3 is 6.09 Å². The summed E-state index contributed by atoms with van der Waals surface area (Å²) in [5, 5.41) is 2.56. The maximum absolute atomic E-state index is 11.3. The van der Waals surface area contributed by atoms with Crippen molar-refractivity contribution in [3.05, 3.63) is 27.7 Å². The van der Waals surface area contributed by atoms with Gasteiger partial charge in [-0.05, 0) is 41.1 Å². The third-order valence-electron chi connectivity index (χ3n) is 1.77. The highest BCUT2D eigenvalue weighted by Gasteiger charge is 2.10. The van der Waals surface area contributed by atoms with Crippen molar-refractivity contribution < 1.29 is 19.1 Å². The van der Waals surface area contributed by atoms with Crippen LogP contribution in [0.4, 0.5) is 4.79 Å². The fourth-order valence-electron chi connectivity index (χ4n) is 1.05. The van der Waals surface area contributed by atoms with Crippen molar-refractivity contribution in [1.29, 1.82) is 0 Å². The lowest BCUT2D eigenvalue weighted by atomic mass is 10.3. The molecule has 0 aliphatic heterocycles. The lowest BCUT2D eigenvalue weighted by Gasteiger charge is -2.08. The molecule has 0 aliphatic rings. The molecule has 5 nitrogen and oxygen atoms in total. The Balaban J connectivity index is 2.45. The highest BCUT2D eigenvalue weighted by molar-refractivity contribution is 9.10. The molecular weight excluding hydrogens is 325 g/mol. The zero-order valence-electron chi connectivity index (χ0n) is 9.54. The van der Waals surface area contributed by atoms with Crippen LogP contribution >= 0.6 is 27.5 Å². The van der Waals surface area contributed by atoms with E-state index in [2.05, 4.69) is 20.7 Å². The smallest absolute Gasteiger partial charge is 0.413 e. The van der Waals surface area contributed by atoms with Crippen molar-refractivity contribution in [2.75, 3.05) is 13.2 Å². The number of rotatable bonds is 4. The molecule has 98 valence electrons. The van der Waals surface area contributed by atoms with E-state index in [-0.39, 0.29) is 13.2 Å². The van der Waals surface area contributed by atoms with Crippen molar-refractivity contribution >= 4 is 39.5 Å². The molecule has 0 unspecified atom stereocenters. The molecule has 0 fully saturated rings. The molecule has 0 spiro atoms. The predicted molar refractivity (Wildman–Crippen MR) is 69.8 cm³/mol. The van der Waals surface area contributed by atoms with Crippen LogP contribution in [0.5, 0.6) is 5.75 Å². The lowest BCUT2D eigenvalue weighted by Crippen LogP contribution is -2.34. The quantitative estimate of drug-likeness (QED) is 0.918. The Morgan fingerprint density at radius 3 is 2.78 bits per heavy atom. The minimum Gasteiger partial charge on any atom is -0.483 e. The zero-order chi connectivity index (χ0) is 13.5. The molecule has 0 saturated carbocycles. The number of amides is 2. The van der Waals surface area contributed by atoms with Gasteiger partial charge in [0.15, 0.2) is 6.61 Å². The number of hydrogen-bond donors (Lipinski definition) is 1. The van der Waals surface area contributed by atoms with Crippen molar-refractivity contribution in [3.8, 4) is 5.75 Å². The van der Waals surface area contributed by atoms with E-state index in [4.69, 9.17) is 16.3 Å².